The number of nitrogens with one attached hydrogen (secondary N) is 3. The molecule has 4 amide bonds. The summed E-state index contributed by atoms with van der Waals surface area (Å²) in [5.74, 6) is -0.152. The van der Waals surface area contributed by atoms with Crippen LogP contribution in [0.1, 0.15) is 22.5 Å². The van der Waals surface area contributed by atoms with Gasteiger partial charge in [-0.1, -0.05) is 17.7 Å². The van der Waals surface area contributed by atoms with Crippen LogP contribution in [-0.2, 0) is 16.1 Å². The molecule has 150 valence electrons. The van der Waals surface area contributed by atoms with Crippen molar-refractivity contribution in [3.05, 3.63) is 53.0 Å². The molecule has 1 aromatic carbocycles. The molecule has 0 aliphatic heterocycles. The first-order valence-corrected chi connectivity index (χ1v) is 8.91. The number of furan rings is 1. The highest BCUT2D eigenvalue weighted by Crippen LogP contribution is 2.21. The number of hydrogen-bond acceptors (Lipinski definition) is 5. The van der Waals surface area contributed by atoms with E-state index in [9.17, 15) is 14.4 Å². The summed E-state index contributed by atoms with van der Waals surface area (Å²) in [5, 5.41) is 7.62. The van der Waals surface area contributed by atoms with Gasteiger partial charge in [0.15, 0.2) is 0 Å². The van der Waals surface area contributed by atoms with Crippen LogP contribution in [-0.4, -0.2) is 42.9 Å². The molecular formula is C20H26N4O4. The number of imide groups is 1. The van der Waals surface area contributed by atoms with Crippen molar-refractivity contribution in [2.45, 2.75) is 27.3 Å². The van der Waals surface area contributed by atoms with Gasteiger partial charge in [-0.05, 0) is 51.1 Å². The van der Waals surface area contributed by atoms with Gasteiger partial charge in [-0.25, -0.2) is 4.79 Å². The van der Waals surface area contributed by atoms with Gasteiger partial charge in [-0.2, -0.15) is 0 Å². The second-order valence-electron chi connectivity index (χ2n) is 6.80. The van der Waals surface area contributed by atoms with Gasteiger partial charge in [0, 0.05) is 5.69 Å². The number of nitrogens with zero attached hydrogens (tertiary/aromatic N) is 1. The molecule has 0 radical (unpaired) electrons. The van der Waals surface area contributed by atoms with Crippen molar-refractivity contribution in [2.75, 3.05) is 25.5 Å². The number of urea groups is 1. The number of amides is 4. The molecule has 1 heterocycles. The maximum atomic E-state index is 12.3. The van der Waals surface area contributed by atoms with Gasteiger partial charge in [0.2, 0.25) is 11.8 Å². The Hall–Kier alpha value is -3.13. The number of rotatable bonds is 7. The normalized spacial score (nSPS) is 10.6. The fourth-order valence-electron chi connectivity index (χ4n) is 2.89. The first-order valence-electron chi connectivity index (χ1n) is 8.91. The Labute approximate surface area is 164 Å². The van der Waals surface area contributed by atoms with Crippen molar-refractivity contribution < 1.29 is 18.8 Å². The quantitative estimate of drug-likeness (QED) is 0.676. The molecule has 0 saturated heterocycles. The number of benzene rings is 1. The van der Waals surface area contributed by atoms with Crippen LogP contribution in [0.2, 0.25) is 0 Å². The first-order chi connectivity index (χ1) is 13.2. The molecule has 0 fully saturated rings. The topological polar surface area (TPSA) is 104 Å². The van der Waals surface area contributed by atoms with Crippen molar-refractivity contribution in [3.63, 3.8) is 0 Å². The molecule has 28 heavy (non-hydrogen) atoms. The molecule has 2 aromatic rings. The third-order valence-electron chi connectivity index (χ3n) is 4.02. The van der Waals surface area contributed by atoms with E-state index in [4.69, 9.17) is 4.42 Å². The van der Waals surface area contributed by atoms with E-state index in [1.54, 1.807) is 19.2 Å². The second kappa shape index (κ2) is 9.70. The molecule has 8 heteroatoms. The molecule has 0 aliphatic carbocycles. The average molecular weight is 386 g/mol. The molecule has 0 atom stereocenters. The minimum absolute atomic E-state index is 0.0220. The average Bonchev–Trinajstić information content (AvgIpc) is 3.09. The Morgan fingerprint density at radius 1 is 1.04 bits per heavy atom. The van der Waals surface area contributed by atoms with Gasteiger partial charge in [0.05, 0.1) is 25.9 Å². The zero-order valence-electron chi connectivity index (χ0n) is 16.6. The summed E-state index contributed by atoms with van der Waals surface area (Å²) in [6.07, 6.45) is 1.50. The van der Waals surface area contributed by atoms with Crippen LogP contribution >= 0.6 is 0 Å². The van der Waals surface area contributed by atoms with Crippen LogP contribution in [0.15, 0.2) is 34.9 Å². The smallest absolute Gasteiger partial charge is 0.321 e. The fraction of sp³-hybridized carbons (Fsp3) is 0.350. The zero-order valence-corrected chi connectivity index (χ0v) is 16.6. The predicted octanol–water partition coefficient (Wildman–Crippen LogP) is 2.10. The van der Waals surface area contributed by atoms with E-state index in [1.807, 2.05) is 32.9 Å². The number of aryl methyl sites for hydroxylation is 3. The highest BCUT2D eigenvalue weighted by Gasteiger charge is 2.14. The summed E-state index contributed by atoms with van der Waals surface area (Å²) < 4.78 is 5.09. The summed E-state index contributed by atoms with van der Waals surface area (Å²) >= 11 is 0. The van der Waals surface area contributed by atoms with Gasteiger partial charge in [0.1, 0.15) is 5.76 Å². The van der Waals surface area contributed by atoms with E-state index in [2.05, 4.69) is 16.0 Å². The number of hydrogen-bond donors (Lipinski definition) is 3. The second-order valence-corrected chi connectivity index (χ2v) is 6.80. The SMILES string of the molecule is Cc1cc(C)c(NC(=O)CN(C)CC(=O)NC(=O)NCc2ccco2)c(C)c1. The molecule has 0 spiro atoms. The lowest BCUT2D eigenvalue weighted by Gasteiger charge is -2.17. The van der Waals surface area contributed by atoms with E-state index in [0.717, 1.165) is 22.4 Å². The van der Waals surface area contributed by atoms with Crippen LogP contribution in [0.3, 0.4) is 0 Å². The Kier molecular flexibility index (Phi) is 7.34. The lowest BCUT2D eigenvalue weighted by Crippen LogP contribution is -2.44. The van der Waals surface area contributed by atoms with Gasteiger partial charge in [0.25, 0.3) is 0 Å². The van der Waals surface area contributed by atoms with Gasteiger partial charge in [-0.3, -0.25) is 19.8 Å². The van der Waals surface area contributed by atoms with Crippen molar-refractivity contribution >= 4 is 23.5 Å². The Morgan fingerprint density at radius 2 is 1.68 bits per heavy atom. The maximum absolute atomic E-state index is 12.3. The minimum Gasteiger partial charge on any atom is -0.467 e. The van der Waals surface area contributed by atoms with E-state index < -0.39 is 11.9 Å². The predicted molar refractivity (Wildman–Crippen MR) is 106 cm³/mol. The van der Waals surface area contributed by atoms with Crippen molar-refractivity contribution in [2.24, 2.45) is 0 Å². The number of anilines is 1. The summed E-state index contributed by atoms with van der Waals surface area (Å²) in [7, 11) is 1.63. The summed E-state index contributed by atoms with van der Waals surface area (Å²) in [6.45, 7) is 5.99. The Bertz CT molecular complexity index is 823. The van der Waals surface area contributed by atoms with Crippen molar-refractivity contribution in [3.8, 4) is 0 Å². The van der Waals surface area contributed by atoms with Crippen LogP contribution < -0.4 is 16.0 Å². The first kappa shape index (κ1) is 21.2. The van der Waals surface area contributed by atoms with Gasteiger partial charge < -0.3 is 15.1 Å². The largest absolute Gasteiger partial charge is 0.467 e. The molecular weight excluding hydrogens is 360 g/mol. The lowest BCUT2D eigenvalue weighted by molar-refractivity contribution is -0.122. The molecule has 0 aliphatic rings. The zero-order chi connectivity index (χ0) is 20.7. The molecule has 1 aromatic heterocycles. The Balaban J connectivity index is 1.76. The monoisotopic (exact) mass is 386 g/mol. The molecule has 0 unspecified atom stereocenters. The van der Waals surface area contributed by atoms with E-state index in [1.165, 1.54) is 11.2 Å². The van der Waals surface area contributed by atoms with E-state index >= 15 is 0 Å². The molecule has 0 bridgehead atoms. The third kappa shape index (κ3) is 6.55. The van der Waals surface area contributed by atoms with Crippen LogP contribution in [0.25, 0.3) is 0 Å². The Morgan fingerprint density at radius 3 is 2.29 bits per heavy atom. The summed E-state index contributed by atoms with van der Waals surface area (Å²) in [4.78, 5) is 37.5. The fourth-order valence-corrected chi connectivity index (χ4v) is 2.89. The van der Waals surface area contributed by atoms with Gasteiger partial charge in [-0.15, -0.1) is 0 Å². The summed E-state index contributed by atoms with van der Waals surface area (Å²) in [6, 6.07) is 6.80. The van der Waals surface area contributed by atoms with E-state index in [-0.39, 0.29) is 25.5 Å². The van der Waals surface area contributed by atoms with Gasteiger partial charge >= 0.3 is 6.03 Å². The number of carbonyl (C=O) groups excluding carboxylic acids is 3. The molecule has 0 saturated carbocycles. The van der Waals surface area contributed by atoms with Crippen molar-refractivity contribution in [1.82, 2.24) is 15.5 Å². The van der Waals surface area contributed by atoms with Crippen LogP contribution in [0.4, 0.5) is 10.5 Å². The lowest BCUT2D eigenvalue weighted by atomic mass is 10.1. The van der Waals surface area contributed by atoms with E-state index in [0.29, 0.717) is 5.76 Å². The van der Waals surface area contributed by atoms with Crippen LogP contribution in [0.5, 0.6) is 0 Å². The molecule has 3 N–H and O–H groups in total. The number of carbonyl (C=O) groups is 3. The van der Waals surface area contributed by atoms with Crippen LogP contribution in [0, 0.1) is 20.8 Å². The third-order valence-corrected chi connectivity index (χ3v) is 4.02. The number of likely N-dealkylation sites (N-methyl/N-ethyl adjacent to an activating group) is 1. The minimum atomic E-state index is -0.620. The maximum Gasteiger partial charge on any atom is 0.321 e. The molecule has 8 nitrogen and oxygen atoms in total. The standard InChI is InChI=1S/C20H26N4O4/c1-13-8-14(2)19(15(3)9-13)22-17(25)11-24(4)12-18(26)23-20(27)21-10-16-6-5-7-28-16/h5-9H,10-12H2,1-4H3,(H,22,25)(H2,21,23,26,27). The molecule has 2 rings (SSSR count). The highest BCUT2D eigenvalue weighted by molar-refractivity contribution is 5.96. The van der Waals surface area contributed by atoms with Crippen molar-refractivity contribution in [1.29, 1.82) is 0 Å². The highest BCUT2D eigenvalue weighted by atomic mass is 16.3. The summed E-state index contributed by atoms with van der Waals surface area (Å²) in [5.41, 5.74) is 3.89.